The molecule has 0 bridgehead atoms. The standard InChI is InChI=1S/C12H17ClN2O/c1-9-4-5-10(6-14-9)7-15-11(16)12(2,3)8-13/h4-6H,7-8H2,1-3H3,(H,15,16). The maximum absolute atomic E-state index is 11.7. The minimum absolute atomic E-state index is 0.0388. The molecule has 0 saturated heterocycles. The van der Waals surface area contributed by atoms with Gasteiger partial charge in [0.15, 0.2) is 0 Å². The van der Waals surface area contributed by atoms with Crippen LogP contribution in [0, 0.1) is 12.3 Å². The number of nitrogens with zero attached hydrogens (tertiary/aromatic N) is 1. The van der Waals surface area contributed by atoms with Gasteiger partial charge in [0.25, 0.3) is 0 Å². The Morgan fingerprint density at radius 2 is 2.19 bits per heavy atom. The number of aromatic nitrogens is 1. The third kappa shape index (κ3) is 3.49. The van der Waals surface area contributed by atoms with Gasteiger partial charge in [-0.3, -0.25) is 9.78 Å². The Balaban J connectivity index is 2.52. The molecule has 0 aliphatic carbocycles. The highest BCUT2D eigenvalue weighted by Gasteiger charge is 2.25. The van der Waals surface area contributed by atoms with Crippen LogP contribution in [0.4, 0.5) is 0 Å². The first-order chi connectivity index (χ1) is 7.45. The van der Waals surface area contributed by atoms with E-state index in [1.54, 1.807) is 6.20 Å². The molecular weight excluding hydrogens is 224 g/mol. The van der Waals surface area contributed by atoms with Crippen LogP contribution in [0.15, 0.2) is 18.3 Å². The van der Waals surface area contributed by atoms with Gasteiger partial charge >= 0.3 is 0 Å². The summed E-state index contributed by atoms with van der Waals surface area (Å²) in [7, 11) is 0. The van der Waals surface area contributed by atoms with E-state index in [9.17, 15) is 4.79 Å². The van der Waals surface area contributed by atoms with Gasteiger partial charge < -0.3 is 5.32 Å². The number of aryl methyl sites for hydroxylation is 1. The topological polar surface area (TPSA) is 42.0 Å². The molecular formula is C12H17ClN2O. The summed E-state index contributed by atoms with van der Waals surface area (Å²) in [5.74, 6) is 0.272. The number of amides is 1. The summed E-state index contributed by atoms with van der Waals surface area (Å²) in [5, 5.41) is 2.85. The van der Waals surface area contributed by atoms with E-state index in [0.717, 1.165) is 11.3 Å². The van der Waals surface area contributed by atoms with E-state index >= 15 is 0 Å². The van der Waals surface area contributed by atoms with Crippen molar-refractivity contribution in [2.45, 2.75) is 27.3 Å². The van der Waals surface area contributed by atoms with Gasteiger partial charge in [0.05, 0.1) is 5.41 Å². The molecule has 0 aromatic carbocycles. The van der Waals surface area contributed by atoms with Gasteiger partial charge in [-0.25, -0.2) is 0 Å². The predicted molar refractivity (Wildman–Crippen MR) is 65.3 cm³/mol. The number of nitrogens with one attached hydrogen (secondary N) is 1. The Labute approximate surface area is 101 Å². The van der Waals surface area contributed by atoms with E-state index in [1.807, 2.05) is 32.9 Å². The fraction of sp³-hybridized carbons (Fsp3) is 0.500. The summed E-state index contributed by atoms with van der Waals surface area (Å²) >= 11 is 5.72. The number of alkyl halides is 1. The first-order valence-corrected chi connectivity index (χ1v) is 5.75. The van der Waals surface area contributed by atoms with Gasteiger partial charge in [-0.2, -0.15) is 0 Å². The van der Waals surface area contributed by atoms with E-state index in [1.165, 1.54) is 0 Å². The van der Waals surface area contributed by atoms with E-state index in [2.05, 4.69) is 10.3 Å². The van der Waals surface area contributed by atoms with Crippen molar-refractivity contribution in [3.8, 4) is 0 Å². The van der Waals surface area contributed by atoms with Crippen molar-refractivity contribution < 1.29 is 4.79 Å². The molecule has 88 valence electrons. The van der Waals surface area contributed by atoms with E-state index in [0.29, 0.717) is 12.4 Å². The highest BCUT2D eigenvalue weighted by Crippen LogP contribution is 2.17. The van der Waals surface area contributed by atoms with Crippen LogP contribution in [0.3, 0.4) is 0 Å². The number of carbonyl (C=O) groups excluding carboxylic acids is 1. The second-order valence-electron chi connectivity index (χ2n) is 4.51. The summed E-state index contributed by atoms with van der Waals surface area (Å²) < 4.78 is 0. The van der Waals surface area contributed by atoms with Crippen LogP contribution < -0.4 is 5.32 Å². The van der Waals surface area contributed by atoms with E-state index in [-0.39, 0.29) is 5.91 Å². The molecule has 1 heterocycles. The normalized spacial score (nSPS) is 11.2. The van der Waals surface area contributed by atoms with Crippen LogP contribution in [0.1, 0.15) is 25.1 Å². The first-order valence-electron chi connectivity index (χ1n) is 5.21. The number of halogens is 1. The quantitative estimate of drug-likeness (QED) is 0.821. The van der Waals surface area contributed by atoms with Gasteiger partial charge in [0.2, 0.25) is 5.91 Å². The molecule has 0 aliphatic heterocycles. The zero-order valence-electron chi connectivity index (χ0n) is 9.88. The predicted octanol–water partition coefficient (Wildman–Crippen LogP) is 2.27. The molecule has 1 rings (SSSR count). The number of pyridine rings is 1. The number of rotatable bonds is 4. The Morgan fingerprint density at radius 1 is 1.50 bits per heavy atom. The molecule has 0 fully saturated rings. The summed E-state index contributed by atoms with van der Waals surface area (Å²) in [6.07, 6.45) is 1.77. The minimum atomic E-state index is -0.528. The molecule has 0 radical (unpaired) electrons. The lowest BCUT2D eigenvalue weighted by atomic mass is 9.95. The molecule has 1 aromatic rings. The average molecular weight is 241 g/mol. The van der Waals surface area contributed by atoms with Gasteiger partial charge in [0.1, 0.15) is 0 Å². The lowest BCUT2D eigenvalue weighted by Crippen LogP contribution is -2.37. The van der Waals surface area contributed by atoms with Crippen LogP contribution >= 0.6 is 11.6 Å². The first kappa shape index (κ1) is 13.0. The summed E-state index contributed by atoms with van der Waals surface area (Å²) in [4.78, 5) is 15.9. The highest BCUT2D eigenvalue weighted by molar-refractivity contribution is 6.19. The Hall–Kier alpha value is -1.09. The van der Waals surface area contributed by atoms with Crippen molar-refractivity contribution in [3.05, 3.63) is 29.6 Å². The summed E-state index contributed by atoms with van der Waals surface area (Å²) in [6, 6.07) is 3.88. The molecule has 0 atom stereocenters. The van der Waals surface area contributed by atoms with Crippen molar-refractivity contribution >= 4 is 17.5 Å². The average Bonchev–Trinajstić information content (AvgIpc) is 2.28. The molecule has 16 heavy (non-hydrogen) atoms. The number of carbonyl (C=O) groups is 1. The van der Waals surface area contributed by atoms with E-state index < -0.39 is 5.41 Å². The zero-order valence-corrected chi connectivity index (χ0v) is 10.6. The molecule has 0 saturated carbocycles. The fourth-order valence-electron chi connectivity index (χ4n) is 1.09. The minimum Gasteiger partial charge on any atom is -0.351 e. The summed E-state index contributed by atoms with van der Waals surface area (Å²) in [5.41, 5.74) is 1.43. The van der Waals surface area contributed by atoms with Crippen LogP contribution in [-0.2, 0) is 11.3 Å². The fourth-order valence-corrected chi connectivity index (χ4v) is 1.21. The largest absolute Gasteiger partial charge is 0.351 e. The third-order valence-electron chi connectivity index (χ3n) is 2.37. The van der Waals surface area contributed by atoms with Crippen molar-refractivity contribution in [1.82, 2.24) is 10.3 Å². The monoisotopic (exact) mass is 240 g/mol. The smallest absolute Gasteiger partial charge is 0.227 e. The van der Waals surface area contributed by atoms with Gasteiger partial charge in [0, 0.05) is 24.3 Å². The van der Waals surface area contributed by atoms with Crippen LogP contribution in [0.2, 0.25) is 0 Å². The molecule has 0 aliphatic rings. The van der Waals surface area contributed by atoms with Crippen molar-refractivity contribution in [3.63, 3.8) is 0 Å². The van der Waals surface area contributed by atoms with Crippen LogP contribution in [-0.4, -0.2) is 16.8 Å². The van der Waals surface area contributed by atoms with Crippen molar-refractivity contribution in [2.75, 3.05) is 5.88 Å². The molecule has 3 nitrogen and oxygen atoms in total. The van der Waals surface area contributed by atoms with Crippen LogP contribution in [0.25, 0.3) is 0 Å². The lowest BCUT2D eigenvalue weighted by molar-refractivity contribution is -0.128. The maximum Gasteiger partial charge on any atom is 0.227 e. The third-order valence-corrected chi connectivity index (χ3v) is 3.04. The molecule has 0 unspecified atom stereocenters. The molecule has 0 spiro atoms. The van der Waals surface area contributed by atoms with Gasteiger partial charge in [-0.15, -0.1) is 11.6 Å². The van der Waals surface area contributed by atoms with Gasteiger partial charge in [-0.1, -0.05) is 6.07 Å². The second kappa shape index (κ2) is 5.30. The van der Waals surface area contributed by atoms with Gasteiger partial charge in [-0.05, 0) is 32.4 Å². The highest BCUT2D eigenvalue weighted by atomic mass is 35.5. The van der Waals surface area contributed by atoms with Crippen molar-refractivity contribution in [1.29, 1.82) is 0 Å². The number of hydrogen-bond acceptors (Lipinski definition) is 2. The summed E-state index contributed by atoms with van der Waals surface area (Å²) in [6.45, 7) is 6.07. The number of hydrogen-bond donors (Lipinski definition) is 1. The molecule has 1 aromatic heterocycles. The maximum atomic E-state index is 11.7. The second-order valence-corrected chi connectivity index (χ2v) is 4.78. The Kier molecular flexibility index (Phi) is 4.30. The lowest BCUT2D eigenvalue weighted by Gasteiger charge is -2.20. The molecule has 1 amide bonds. The SMILES string of the molecule is Cc1ccc(CNC(=O)C(C)(C)CCl)cn1. The Bertz CT molecular complexity index is 360. The van der Waals surface area contributed by atoms with Crippen molar-refractivity contribution in [2.24, 2.45) is 5.41 Å². The Morgan fingerprint density at radius 3 is 2.69 bits per heavy atom. The molecule has 1 N–H and O–H groups in total. The van der Waals surface area contributed by atoms with E-state index in [4.69, 9.17) is 11.6 Å². The molecule has 4 heteroatoms. The van der Waals surface area contributed by atoms with Crippen LogP contribution in [0.5, 0.6) is 0 Å². The zero-order chi connectivity index (χ0) is 12.2.